The van der Waals surface area contributed by atoms with Crippen LogP contribution in [0.4, 0.5) is 0 Å². The van der Waals surface area contributed by atoms with Gasteiger partial charge in [-0.3, -0.25) is 4.79 Å². The second-order valence-electron chi connectivity index (χ2n) is 8.15. The number of aliphatic carboxylic acids is 1. The molecule has 0 saturated heterocycles. The Morgan fingerprint density at radius 3 is 2.56 bits per heavy atom. The van der Waals surface area contributed by atoms with Crippen molar-refractivity contribution in [3.05, 3.63) is 76.3 Å². The number of nitrogens with one attached hydrogen (secondary N) is 1. The van der Waals surface area contributed by atoms with Crippen molar-refractivity contribution in [1.29, 1.82) is 0 Å². The minimum Gasteiger partial charge on any atom is -0.549 e. The molecule has 2 heterocycles. The maximum Gasteiger partial charge on any atom is 1.00 e. The Hall–Kier alpha value is -2.91. The van der Waals surface area contributed by atoms with Crippen LogP contribution in [-0.4, -0.2) is 31.8 Å². The van der Waals surface area contributed by atoms with Crippen molar-refractivity contribution in [2.75, 3.05) is 19.9 Å². The number of carbonyl (C=O) groups is 2. The number of fused-ring (bicyclic) bond motifs is 2. The third kappa shape index (κ3) is 5.73. The van der Waals surface area contributed by atoms with Gasteiger partial charge in [0.05, 0.1) is 11.6 Å². The molecule has 180 valence electrons. The number of halogens is 1. The molecule has 36 heavy (non-hydrogen) atoms. The Bertz CT molecular complexity index is 1280. The largest absolute Gasteiger partial charge is 1.00 e. The molecule has 0 saturated carbocycles. The second-order valence-corrected chi connectivity index (χ2v) is 8.56. The summed E-state index contributed by atoms with van der Waals surface area (Å²) in [5.74, 6) is 0.507. The van der Waals surface area contributed by atoms with Gasteiger partial charge in [-0.15, -0.1) is 0 Å². The van der Waals surface area contributed by atoms with E-state index in [0.717, 1.165) is 11.3 Å². The first-order valence-corrected chi connectivity index (χ1v) is 11.5. The van der Waals surface area contributed by atoms with Gasteiger partial charge in [0.1, 0.15) is 17.2 Å². The van der Waals surface area contributed by atoms with Gasteiger partial charge in [-0.25, -0.2) is 0 Å². The van der Waals surface area contributed by atoms with Crippen LogP contribution in [-0.2, 0) is 11.2 Å². The average molecular weight is 518 g/mol. The Kier molecular flexibility index (Phi) is 8.31. The standard InChI is InChI=1S/C26H22ClNO7.Na/c27-20-12-19-18(26(30)31)8-10-32-22(19)13-23(20)35-17-4-2-16(3-5-17)25(29)28-9-7-15-1-6-21-24(11-15)34-14-33-21;/h1-6,11-13,18H,7-10,14H2,(H,28,29)(H,30,31);/q;+1/p-1. The van der Waals surface area contributed by atoms with Gasteiger partial charge in [0.25, 0.3) is 5.91 Å². The normalized spacial score (nSPS) is 15.2. The number of benzene rings is 3. The summed E-state index contributed by atoms with van der Waals surface area (Å²) >= 11 is 6.33. The number of amides is 1. The Morgan fingerprint density at radius 1 is 1.00 bits per heavy atom. The number of ether oxygens (including phenoxy) is 4. The van der Waals surface area contributed by atoms with Crippen molar-refractivity contribution in [3.63, 3.8) is 0 Å². The number of hydrogen-bond donors (Lipinski definition) is 1. The Labute approximate surface area is 234 Å². The molecule has 5 rings (SSSR count). The van der Waals surface area contributed by atoms with E-state index in [9.17, 15) is 14.7 Å². The van der Waals surface area contributed by atoms with Crippen LogP contribution in [0.2, 0.25) is 5.02 Å². The fourth-order valence-electron chi connectivity index (χ4n) is 4.03. The monoisotopic (exact) mass is 517 g/mol. The fourth-order valence-corrected chi connectivity index (χ4v) is 4.24. The van der Waals surface area contributed by atoms with Crippen LogP contribution in [0.25, 0.3) is 0 Å². The number of hydrogen-bond acceptors (Lipinski definition) is 7. The molecule has 0 bridgehead atoms. The van der Waals surface area contributed by atoms with Crippen molar-refractivity contribution in [1.82, 2.24) is 5.32 Å². The number of carboxylic acids is 1. The first-order valence-electron chi connectivity index (χ1n) is 11.1. The second kappa shape index (κ2) is 11.4. The zero-order valence-electron chi connectivity index (χ0n) is 19.5. The molecular weight excluding hydrogens is 497 g/mol. The van der Waals surface area contributed by atoms with Crippen LogP contribution >= 0.6 is 11.6 Å². The van der Waals surface area contributed by atoms with E-state index in [-0.39, 0.29) is 53.9 Å². The molecule has 0 aromatic heterocycles. The van der Waals surface area contributed by atoms with E-state index < -0.39 is 11.9 Å². The molecule has 1 unspecified atom stereocenters. The molecule has 2 aliphatic heterocycles. The van der Waals surface area contributed by atoms with E-state index in [1.165, 1.54) is 6.07 Å². The Morgan fingerprint density at radius 2 is 1.78 bits per heavy atom. The summed E-state index contributed by atoms with van der Waals surface area (Å²) in [6.07, 6.45) is 0.980. The zero-order chi connectivity index (χ0) is 24.4. The molecule has 0 radical (unpaired) electrons. The van der Waals surface area contributed by atoms with Gasteiger partial charge in [0, 0.05) is 35.6 Å². The molecule has 2 aliphatic rings. The molecule has 3 aromatic carbocycles. The zero-order valence-corrected chi connectivity index (χ0v) is 22.3. The molecule has 8 nitrogen and oxygen atoms in total. The molecule has 1 atom stereocenters. The predicted molar refractivity (Wildman–Crippen MR) is 124 cm³/mol. The van der Waals surface area contributed by atoms with Crippen LogP contribution in [0.1, 0.15) is 33.8 Å². The summed E-state index contributed by atoms with van der Waals surface area (Å²) in [5.41, 5.74) is 2.00. The predicted octanol–water partition coefficient (Wildman–Crippen LogP) is 0.453. The van der Waals surface area contributed by atoms with Crippen molar-refractivity contribution < 1.29 is 63.2 Å². The van der Waals surface area contributed by atoms with Crippen molar-refractivity contribution in [3.8, 4) is 28.7 Å². The molecule has 10 heteroatoms. The number of rotatable bonds is 7. The number of carboxylic acid groups (broad SMARTS) is 1. The number of carbonyl (C=O) groups excluding carboxylic acids is 2. The summed E-state index contributed by atoms with van der Waals surface area (Å²) in [6.45, 7) is 0.962. The van der Waals surface area contributed by atoms with Gasteiger partial charge >= 0.3 is 29.6 Å². The van der Waals surface area contributed by atoms with E-state index >= 15 is 0 Å². The molecule has 1 N–H and O–H groups in total. The summed E-state index contributed by atoms with van der Waals surface area (Å²) in [6, 6.07) is 15.5. The molecule has 3 aromatic rings. The summed E-state index contributed by atoms with van der Waals surface area (Å²) in [7, 11) is 0. The smallest absolute Gasteiger partial charge is 0.549 e. The third-order valence-electron chi connectivity index (χ3n) is 5.87. The third-order valence-corrected chi connectivity index (χ3v) is 6.16. The summed E-state index contributed by atoms with van der Waals surface area (Å²) in [5, 5.41) is 14.5. The van der Waals surface area contributed by atoms with E-state index in [1.807, 2.05) is 18.2 Å². The summed E-state index contributed by atoms with van der Waals surface area (Å²) < 4.78 is 22.1. The van der Waals surface area contributed by atoms with Crippen LogP contribution in [0.3, 0.4) is 0 Å². The van der Waals surface area contributed by atoms with Crippen LogP contribution < -0.4 is 58.9 Å². The molecule has 0 aliphatic carbocycles. The minimum atomic E-state index is -1.16. The van der Waals surface area contributed by atoms with Gasteiger partial charge in [-0.05, 0) is 60.9 Å². The quantitative estimate of drug-likeness (QED) is 0.454. The van der Waals surface area contributed by atoms with E-state index in [2.05, 4.69) is 5.32 Å². The molecule has 0 spiro atoms. The average Bonchev–Trinajstić information content (AvgIpc) is 3.32. The van der Waals surface area contributed by atoms with Gasteiger partial charge in [-0.2, -0.15) is 0 Å². The minimum absolute atomic E-state index is 0. The maximum atomic E-state index is 12.5. The van der Waals surface area contributed by atoms with E-state index in [1.54, 1.807) is 30.3 Å². The van der Waals surface area contributed by atoms with Crippen LogP contribution in [0.15, 0.2) is 54.6 Å². The van der Waals surface area contributed by atoms with Gasteiger partial charge in [-0.1, -0.05) is 17.7 Å². The van der Waals surface area contributed by atoms with Crippen molar-refractivity contribution >= 4 is 23.5 Å². The maximum absolute atomic E-state index is 12.5. The van der Waals surface area contributed by atoms with E-state index in [4.69, 9.17) is 30.5 Å². The van der Waals surface area contributed by atoms with Crippen molar-refractivity contribution in [2.24, 2.45) is 0 Å². The molecule has 1 amide bonds. The topological polar surface area (TPSA) is 106 Å². The molecule has 0 fully saturated rings. The van der Waals surface area contributed by atoms with Crippen molar-refractivity contribution in [2.45, 2.75) is 18.8 Å². The molecular formula is C26H21ClNNaO7. The van der Waals surface area contributed by atoms with Gasteiger partial charge in [0.2, 0.25) is 6.79 Å². The van der Waals surface area contributed by atoms with Gasteiger partial charge < -0.3 is 34.2 Å². The Balaban J connectivity index is 0.00000304. The van der Waals surface area contributed by atoms with E-state index in [0.29, 0.717) is 53.5 Å². The van der Waals surface area contributed by atoms with Crippen LogP contribution in [0.5, 0.6) is 28.7 Å². The first-order chi connectivity index (χ1) is 17.0. The summed E-state index contributed by atoms with van der Waals surface area (Å²) in [4.78, 5) is 23.9. The fraction of sp³-hybridized carbons (Fsp3) is 0.231. The first kappa shape index (κ1) is 26.2. The SMILES string of the molecule is O=C(NCCc1ccc2c(c1)OCO2)c1ccc(Oc2cc3c(cc2Cl)C(C(=O)[O-])CCO3)cc1.[Na+]. The van der Waals surface area contributed by atoms with Crippen LogP contribution in [0, 0.1) is 0 Å². The van der Waals surface area contributed by atoms with Gasteiger partial charge in [0.15, 0.2) is 11.5 Å².